The van der Waals surface area contributed by atoms with Gasteiger partial charge in [0.05, 0.1) is 6.04 Å². The third-order valence-corrected chi connectivity index (χ3v) is 12.9. The molecule has 2 saturated heterocycles. The van der Waals surface area contributed by atoms with Gasteiger partial charge in [-0.05, 0) is 137 Å². The highest BCUT2D eigenvalue weighted by Gasteiger charge is 2.47. The van der Waals surface area contributed by atoms with Crippen molar-refractivity contribution in [2.75, 3.05) is 65.7 Å². The lowest BCUT2D eigenvalue weighted by atomic mass is 10.0. The van der Waals surface area contributed by atoms with Crippen LogP contribution in [0, 0.1) is 0 Å². The van der Waals surface area contributed by atoms with Crippen molar-refractivity contribution in [2.45, 2.75) is 49.6 Å². The molecule has 0 saturated carbocycles. The van der Waals surface area contributed by atoms with E-state index in [1.807, 2.05) is 9.80 Å². The van der Waals surface area contributed by atoms with Crippen molar-refractivity contribution in [1.29, 1.82) is 0 Å². The van der Waals surface area contributed by atoms with E-state index in [1.54, 1.807) is 30.3 Å². The molecule has 0 spiro atoms. The smallest absolute Gasteiger partial charge is 0.380 e. The number of furan rings is 2. The van der Waals surface area contributed by atoms with Crippen LogP contribution in [-0.2, 0) is 21.4 Å². The molecule has 4 aliphatic rings. The van der Waals surface area contributed by atoms with Gasteiger partial charge in [-0.1, -0.05) is 28.4 Å². The molecule has 4 aromatic carbocycles. The van der Waals surface area contributed by atoms with Gasteiger partial charge in [0.1, 0.15) is 49.3 Å². The number of carbonyl (C=O) groups excluding carboxylic acids is 3. The van der Waals surface area contributed by atoms with Gasteiger partial charge in [0, 0.05) is 45.0 Å². The van der Waals surface area contributed by atoms with E-state index in [2.05, 4.69) is 15.8 Å². The number of benzene rings is 4. The molecule has 71 heavy (non-hydrogen) atoms. The number of Topliss-reactive ketones (excluding diaryl/α,β-unsaturated/α-hetero) is 1. The Labute approximate surface area is 413 Å². The second-order valence-corrected chi connectivity index (χ2v) is 18.2. The van der Waals surface area contributed by atoms with Crippen molar-refractivity contribution >= 4 is 68.4 Å². The maximum atomic E-state index is 15.3. The van der Waals surface area contributed by atoms with Crippen LogP contribution in [0.25, 0.3) is 21.9 Å². The Morgan fingerprint density at radius 1 is 0.577 bits per heavy atom. The molecule has 374 valence electrons. The molecule has 0 bridgehead atoms. The highest BCUT2D eigenvalue weighted by atomic mass is 35.5. The van der Waals surface area contributed by atoms with Crippen LogP contribution in [0.5, 0.6) is 23.0 Å². The van der Waals surface area contributed by atoms with E-state index in [9.17, 15) is 19.6 Å². The van der Waals surface area contributed by atoms with Crippen molar-refractivity contribution in [1.82, 2.24) is 20.4 Å². The molecule has 3 N–H and O–H groups in total. The molecule has 0 unspecified atom stereocenters. The third-order valence-electron chi connectivity index (χ3n) is 12.5. The van der Waals surface area contributed by atoms with Gasteiger partial charge in [-0.2, -0.15) is 17.6 Å². The van der Waals surface area contributed by atoms with Gasteiger partial charge >= 0.3 is 11.8 Å². The molecule has 2 atom stereocenters. The molecular formula is C50H47Cl2F4N5O10. The van der Waals surface area contributed by atoms with Gasteiger partial charge in [-0.25, -0.2) is 0 Å². The maximum absolute atomic E-state index is 15.3. The van der Waals surface area contributed by atoms with Crippen molar-refractivity contribution in [3.63, 3.8) is 0 Å². The Morgan fingerprint density at radius 3 is 1.48 bits per heavy atom. The predicted octanol–water partition coefficient (Wildman–Crippen LogP) is 8.82. The Morgan fingerprint density at radius 2 is 1.00 bits per heavy atom. The second-order valence-electron chi connectivity index (χ2n) is 17.4. The zero-order valence-corrected chi connectivity index (χ0v) is 39.4. The summed E-state index contributed by atoms with van der Waals surface area (Å²) in [5.41, 5.74) is 1.04. The molecule has 2 fully saturated rings. The van der Waals surface area contributed by atoms with E-state index < -0.39 is 53.0 Å². The van der Waals surface area contributed by atoms with Gasteiger partial charge in [-0.15, -0.1) is 0 Å². The topological polar surface area (TPSA) is 178 Å². The molecule has 6 aromatic rings. The first kappa shape index (κ1) is 49.4. The molecule has 2 amide bonds. The Kier molecular flexibility index (Phi) is 14.7. The fraction of sp³-hybridized carbons (Fsp3) is 0.360. The standard InChI is InChI=1S/C25H24ClF2N3O5.C25H23ClF2N2O5/c26-17-4-6-19-16(11-17)13-22(36-19)25(27,28)24(32)29-18(14-31-7-1-2-8-31)23(30-33)15-3-5-20-21(12-15)35-10-9-34-20;26-17-4-6-19-16(11-17)13-22(35-19)25(27,28)24(32)29-18(14-30-7-1-2-8-30)23(31)15-3-5-20-21(12-15)34-10-9-33-20/h3-6,11-13,18,33H,1-2,7-10,14H2,(H,29,32);3-6,11-13,18H,1-2,7-10,14H2,(H,29,32)/b30-23+;/t2*18-/m11/s1. The van der Waals surface area contributed by atoms with E-state index in [-0.39, 0.29) is 35.5 Å². The molecule has 2 aromatic heterocycles. The number of hydrogen-bond acceptors (Lipinski definition) is 13. The lowest BCUT2D eigenvalue weighted by Crippen LogP contribution is -2.52. The van der Waals surface area contributed by atoms with E-state index in [4.69, 9.17) is 51.0 Å². The van der Waals surface area contributed by atoms with Gasteiger partial charge in [0.15, 0.2) is 40.3 Å². The Hall–Kier alpha value is -6.54. The summed E-state index contributed by atoms with van der Waals surface area (Å²) in [5.74, 6) is -11.4. The molecule has 0 radical (unpaired) electrons. The van der Waals surface area contributed by atoms with Crippen LogP contribution in [0.15, 0.2) is 98.9 Å². The molecule has 10 rings (SSSR count). The first-order chi connectivity index (χ1) is 34.2. The number of hydrogen-bond donors (Lipinski definition) is 3. The van der Waals surface area contributed by atoms with Crippen molar-refractivity contribution in [3.8, 4) is 23.0 Å². The van der Waals surface area contributed by atoms with Gasteiger partial charge in [0.2, 0.25) is 0 Å². The summed E-state index contributed by atoms with van der Waals surface area (Å²) in [7, 11) is 0. The van der Waals surface area contributed by atoms with Crippen LogP contribution in [-0.4, -0.2) is 116 Å². The minimum Gasteiger partial charge on any atom is -0.486 e. The summed E-state index contributed by atoms with van der Waals surface area (Å²) >= 11 is 11.9. The van der Waals surface area contributed by atoms with Crippen LogP contribution < -0.4 is 29.6 Å². The number of nitrogens with zero attached hydrogens (tertiary/aromatic N) is 3. The van der Waals surface area contributed by atoms with E-state index in [0.29, 0.717) is 75.8 Å². The Bertz CT molecular complexity index is 2970. The van der Waals surface area contributed by atoms with Gasteiger partial charge in [0.25, 0.3) is 11.8 Å². The summed E-state index contributed by atoms with van der Waals surface area (Å²) in [6.45, 7) is 4.73. The van der Waals surface area contributed by atoms with Crippen LogP contribution >= 0.6 is 23.2 Å². The number of rotatable bonds is 14. The largest absolute Gasteiger partial charge is 0.486 e. The minimum atomic E-state index is -4.00. The molecule has 15 nitrogen and oxygen atoms in total. The molecule has 6 heterocycles. The Balaban J connectivity index is 0.000000176. The second kappa shape index (κ2) is 21.0. The average Bonchev–Trinajstić information content (AvgIpc) is 4.23. The molecule has 4 aliphatic heterocycles. The van der Waals surface area contributed by atoms with Crippen molar-refractivity contribution in [3.05, 3.63) is 118 Å². The summed E-state index contributed by atoms with van der Waals surface area (Å²) in [4.78, 5) is 43.1. The van der Waals surface area contributed by atoms with E-state index in [0.717, 1.165) is 64.0 Å². The zero-order chi connectivity index (χ0) is 49.9. The maximum Gasteiger partial charge on any atom is 0.380 e. The number of carbonyl (C=O) groups is 3. The van der Waals surface area contributed by atoms with Crippen LogP contribution in [0.1, 0.15) is 53.1 Å². The number of halogens is 6. The van der Waals surface area contributed by atoms with E-state index in [1.165, 1.54) is 42.5 Å². The first-order valence-corrected chi connectivity index (χ1v) is 23.7. The lowest BCUT2D eigenvalue weighted by molar-refractivity contribution is -0.150. The normalized spacial score (nSPS) is 17.1. The van der Waals surface area contributed by atoms with Crippen molar-refractivity contribution < 1.29 is 64.9 Å². The van der Waals surface area contributed by atoms with Gasteiger partial charge in [-0.3, -0.25) is 14.4 Å². The molecule has 21 heteroatoms. The van der Waals surface area contributed by atoms with Gasteiger partial charge < -0.3 is 53.4 Å². The number of likely N-dealkylation sites (tertiary alicyclic amines) is 2. The molecule has 0 aliphatic carbocycles. The summed E-state index contributed by atoms with van der Waals surface area (Å²) < 4.78 is 93.5. The number of ketones is 1. The zero-order valence-electron chi connectivity index (χ0n) is 37.9. The molecular weight excluding hydrogens is 977 g/mol. The number of fused-ring (bicyclic) bond motifs is 4. The highest BCUT2D eigenvalue weighted by Crippen LogP contribution is 2.37. The summed E-state index contributed by atoms with van der Waals surface area (Å²) in [6.07, 6.45) is 3.79. The van der Waals surface area contributed by atoms with Crippen molar-refractivity contribution in [2.24, 2.45) is 5.16 Å². The van der Waals surface area contributed by atoms with Crippen LogP contribution in [0.2, 0.25) is 10.0 Å². The lowest BCUT2D eigenvalue weighted by Gasteiger charge is -2.27. The number of amides is 2. The number of oxime groups is 1. The number of alkyl halides is 4. The number of nitrogens with one attached hydrogen (secondary N) is 2. The fourth-order valence-corrected chi connectivity index (χ4v) is 9.19. The number of ether oxygens (including phenoxy) is 4. The van der Waals surface area contributed by atoms with E-state index >= 15 is 17.6 Å². The summed E-state index contributed by atoms with van der Waals surface area (Å²) in [6, 6.07) is 18.4. The first-order valence-electron chi connectivity index (χ1n) is 22.9. The summed E-state index contributed by atoms with van der Waals surface area (Å²) in [5, 5.41) is 19.4. The van der Waals surface area contributed by atoms with Crippen LogP contribution in [0.4, 0.5) is 17.6 Å². The van der Waals surface area contributed by atoms with Crippen LogP contribution in [0.3, 0.4) is 0 Å². The highest BCUT2D eigenvalue weighted by molar-refractivity contribution is 6.31. The fourth-order valence-electron chi connectivity index (χ4n) is 8.83. The SMILES string of the molecule is O=C(N[C@H](CN1CCCC1)/C(=N/O)c1ccc2c(c1)OCCO2)C(F)(F)c1cc2cc(Cl)ccc2o1.O=C(c1ccc2c(c1)OCCO2)[C@@H](CN1CCCC1)NC(=O)C(F)(F)c1cc2cc(Cl)ccc2o1. The average molecular weight is 1020 g/mol. The quantitative estimate of drug-likeness (QED) is 0.0311. The minimum absolute atomic E-state index is 0.0272. The third kappa shape index (κ3) is 11.0. The monoisotopic (exact) mass is 1020 g/mol. The predicted molar refractivity (Wildman–Crippen MR) is 253 cm³/mol.